The molecular weight excluding hydrogens is 470 g/mol. The van der Waals surface area contributed by atoms with Crippen molar-refractivity contribution in [3.63, 3.8) is 0 Å². The largest absolute Gasteiger partial charge is 0.456 e. The van der Waals surface area contributed by atoms with Crippen LogP contribution in [0.4, 0.5) is 0 Å². The molecule has 0 saturated heterocycles. The quantitative estimate of drug-likeness (QED) is 0.214. The Morgan fingerprint density at radius 2 is 1.32 bits per heavy atom. The van der Waals surface area contributed by atoms with E-state index in [2.05, 4.69) is 116 Å². The summed E-state index contributed by atoms with van der Waals surface area (Å²) in [6, 6.07) is 32.5. The van der Waals surface area contributed by atoms with Crippen molar-refractivity contribution in [2.24, 2.45) is 0 Å². The molecule has 3 aliphatic heterocycles. The molecule has 4 aromatic heterocycles. The molecule has 1 spiro atoms. The van der Waals surface area contributed by atoms with Gasteiger partial charge in [-0.25, -0.2) is 0 Å². The van der Waals surface area contributed by atoms with Gasteiger partial charge in [0.25, 0.3) is 5.82 Å². The van der Waals surface area contributed by atoms with E-state index in [9.17, 15) is 0 Å². The monoisotopic (exact) mass is 487 g/mol. The van der Waals surface area contributed by atoms with Gasteiger partial charge in [-0.1, -0.05) is 47.0 Å². The summed E-state index contributed by atoms with van der Waals surface area (Å²) in [5, 5.41) is 11.3. The maximum atomic E-state index is 6.77. The van der Waals surface area contributed by atoms with Crippen LogP contribution in [0.2, 0.25) is 0 Å². The highest BCUT2D eigenvalue weighted by atomic mass is 16.5. The molecule has 8 aromatic rings. The summed E-state index contributed by atoms with van der Waals surface area (Å²) in [5.41, 5.74) is 6.18. The van der Waals surface area contributed by atoms with Gasteiger partial charge in [0.05, 0.1) is 11.0 Å². The Bertz CT molecular complexity index is 2450. The molecule has 0 radical (unpaired) electrons. The topological polar surface area (TPSA) is 39.2 Å². The highest BCUT2D eigenvalue weighted by molar-refractivity contribution is 6.15. The first-order chi connectivity index (χ1) is 18.9. The summed E-state index contributed by atoms with van der Waals surface area (Å²) in [7, 11) is 0. The lowest BCUT2D eigenvalue weighted by atomic mass is 9.84. The van der Waals surface area contributed by atoms with Gasteiger partial charge in [0.1, 0.15) is 34.2 Å². The van der Waals surface area contributed by atoms with Crippen LogP contribution in [-0.2, 0) is 5.66 Å². The first-order valence-electron chi connectivity index (χ1n) is 12.9. The third-order valence-corrected chi connectivity index (χ3v) is 8.97. The van der Waals surface area contributed by atoms with E-state index in [-0.39, 0.29) is 0 Å². The van der Waals surface area contributed by atoms with Crippen LogP contribution in [0, 0.1) is 0 Å². The minimum atomic E-state index is -0.727. The molecule has 174 valence electrons. The molecule has 6 heteroatoms. The van der Waals surface area contributed by atoms with Crippen molar-refractivity contribution in [3.8, 4) is 17.3 Å². The second kappa shape index (κ2) is 5.53. The summed E-state index contributed by atoms with van der Waals surface area (Å²) < 4.78 is 13.9. The number of rotatable bonds is 0. The molecule has 1 atom stereocenters. The smallest absolute Gasteiger partial charge is 0.423 e. The van der Waals surface area contributed by atoms with Gasteiger partial charge in [0.15, 0.2) is 16.6 Å². The van der Waals surface area contributed by atoms with Crippen LogP contribution >= 0.6 is 0 Å². The number of hydrogen-bond acceptors (Lipinski definition) is 2. The maximum Gasteiger partial charge on any atom is 0.423 e. The van der Waals surface area contributed by atoms with Crippen LogP contribution in [0.5, 0.6) is 11.5 Å². The highest BCUT2D eigenvalue weighted by Gasteiger charge is 2.69. The molecule has 0 bridgehead atoms. The van der Waals surface area contributed by atoms with Crippen molar-refractivity contribution < 1.29 is 14.1 Å². The Labute approximate surface area is 214 Å². The summed E-state index contributed by atoms with van der Waals surface area (Å²) in [6.07, 6.45) is 4.22. The summed E-state index contributed by atoms with van der Waals surface area (Å²) in [6.45, 7) is 0. The molecule has 3 aliphatic rings. The average molecular weight is 488 g/mol. The predicted molar refractivity (Wildman–Crippen MR) is 143 cm³/mol. The molecule has 0 saturated carbocycles. The van der Waals surface area contributed by atoms with Gasteiger partial charge in [-0.3, -0.25) is 0 Å². The lowest BCUT2D eigenvalue weighted by molar-refractivity contribution is -1.02. The Balaban J connectivity index is 1.50. The molecule has 7 heterocycles. The fourth-order valence-electron chi connectivity index (χ4n) is 7.69. The van der Waals surface area contributed by atoms with Gasteiger partial charge in [-0.2, -0.15) is 9.13 Å². The van der Waals surface area contributed by atoms with Crippen molar-refractivity contribution in [1.29, 1.82) is 0 Å². The fourth-order valence-corrected chi connectivity index (χ4v) is 7.69. The van der Waals surface area contributed by atoms with Crippen LogP contribution < -0.4 is 14.1 Å². The summed E-state index contributed by atoms with van der Waals surface area (Å²) in [4.78, 5) is 2.20. The number of fused-ring (bicyclic) bond motifs is 8. The Morgan fingerprint density at radius 3 is 2.16 bits per heavy atom. The fraction of sp³-hybridized carbons (Fsp3) is 0.0312. The van der Waals surface area contributed by atoms with Crippen molar-refractivity contribution in [1.82, 2.24) is 14.2 Å². The van der Waals surface area contributed by atoms with Crippen LogP contribution in [0.15, 0.2) is 103 Å². The normalized spacial score (nSPS) is 17.8. The van der Waals surface area contributed by atoms with E-state index < -0.39 is 5.66 Å². The van der Waals surface area contributed by atoms with Gasteiger partial charge >= 0.3 is 5.66 Å². The van der Waals surface area contributed by atoms with E-state index >= 15 is 0 Å². The highest BCUT2D eigenvalue weighted by Crippen LogP contribution is 2.55. The number of aromatic nitrogens is 5. The average Bonchev–Trinajstić information content (AvgIpc) is 3.65. The molecule has 4 aromatic carbocycles. The van der Waals surface area contributed by atoms with Gasteiger partial charge in [-0.15, -0.1) is 0 Å². The number of hydrogen-bond donors (Lipinski definition) is 0. The number of nitrogens with zero attached hydrogens (tertiary/aromatic N) is 5. The molecule has 38 heavy (non-hydrogen) atoms. The van der Waals surface area contributed by atoms with E-state index in [0.717, 1.165) is 39.5 Å². The standard InChI is InChI=1S/C32H17N5O/c1-2-8-19-18(7-1)21-12-14-26-29-31(21)36-24(19)17-33-37(36)32(29)28-25(38-26)15-13-22-20-9-3-4-10-23(20)35(30(22)28)27-11-5-6-16-34(27)32/h1-17H/q+2. The molecule has 1 unspecified atom stereocenters. The predicted octanol–water partition coefficient (Wildman–Crippen LogP) is 5.34. The third kappa shape index (κ3) is 1.59. The van der Waals surface area contributed by atoms with Crippen LogP contribution in [0.25, 0.3) is 54.8 Å². The summed E-state index contributed by atoms with van der Waals surface area (Å²) in [5.74, 6) is 2.86. The lowest BCUT2D eigenvalue weighted by Crippen LogP contribution is -2.77. The molecular formula is C32H17N5O+2. The van der Waals surface area contributed by atoms with E-state index in [4.69, 9.17) is 9.84 Å². The molecule has 0 fully saturated rings. The van der Waals surface area contributed by atoms with Crippen LogP contribution in [0.3, 0.4) is 0 Å². The number of benzene rings is 4. The minimum Gasteiger partial charge on any atom is -0.456 e. The zero-order valence-corrected chi connectivity index (χ0v) is 20.0. The van der Waals surface area contributed by atoms with Crippen molar-refractivity contribution >= 4 is 49.0 Å². The van der Waals surface area contributed by atoms with E-state index in [0.29, 0.717) is 0 Å². The van der Waals surface area contributed by atoms with Crippen LogP contribution in [0.1, 0.15) is 11.1 Å². The van der Waals surface area contributed by atoms with Gasteiger partial charge in [0.2, 0.25) is 0 Å². The van der Waals surface area contributed by atoms with Crippen LogP contribution in [-0.4, -0.2) is 14.2 Å². The lowest BCUT2D eigenvalue weighted by Gasteiger charge is -2.31. The maximum absolute atomic E-state index is 6.77. The second-order valence-electron chi connectivity index (χ2n) is 10.5. The Kier molecular flexibility index (Phi) is 2.63. The molecule has 0 aliphatic carbocycles. The van der Waals surface area contributed by atoms with Crippen molar-refractivity contribution in [3.05, 3.63) is 115 Å². The first kappa shape index (κ1) is 18.1. The van der Waals surface area contributed by atoms with Crippen molar-refractivity contribution in [2.45, 2.75) is 5.66 Å². The molecule has 0 amide bonds. The second-order valence-corrected chi connectivity index (χ2v) is 10.5. The van der Waals surface area contributed by atoms with E-state index in [1.54, 1.807) is 0 Å². The number of ether oxygens (including phenoxy) is 1. The third-order valence-electron chi connectivity index (χ3n) is 8.97. The zero-order chi connectivity index (χ0) is 24.3. The minimum absolute atomic E-state index is 0.727. The van der Waals surface area contributed by atoms with Gasteiger partial charge in [-0.05, 0) is 47.9 Å². The Hall–Kier alpha value is -5.23. The van der Waals surface area contributed by atoms with Crippen molar-refractivity contribution in [2.75, 3.05) is 0 Å². The van der Waals surface area contributed by atoms with E-state index in [1.807, 2.05) is 6.20 Å². The molecule has 11 rings (SSSR count). The Morgan fingerprint density at radius 1 is 0.632 bits per heavy atom. The van der Waals surface area contributed by atoms with Gasteiger partial charge < -0.3 is 4.74 Å². The molecule has 0 N–H and O–H groups in total. The van der Waals surface area contributed by atoms with E-state index in [1.165, 1.54) is 38.0 Å². The first-order valence-corrected chi connectivity index (χ1v) is 12.9. The number of pyridine rings is 2. The summed E-state index contributed by atoms with van der Waals surface area (Å²) >= 11 is 0. The molecule has 6 nitrogen and oxygen atoms in total. The SMILES string of the molecule is c1cc[n+]2c(c1)-n1c3ccccc3c3ccc4c(c31)C21c2c(ccc3c5ccccc5c5cn[n+]1n5c23)O4. The zero-order valence-electron chi connectivity index (χ0n) is 20.0. The number of para-hydroxylation sites is 1. The van der Waals surface area contributed by atoms with Gasteiger partial charge in [0, 0.05) is 32.7 Å².